The molecule has 0 aliphatic heterocycles. The molecule has 0 radical (unpaired) electrons. The molecule has 0 bridgehead atoms. The van der Waals surface area contributed by atoms with E-state index in [-0.39, 0.29) is 0 Å². The van der Waals surface area contributed by atoms with Crippen LogP contribution in [0.4, 0.5) is 0 Å². The summed E-state index contributed by atoms with van der Waals surface area (Å²) in [6, 6.07) is 0. The summed E-state index contributed by atoms with van der Waals surface area (Å²) in [6.45, 7) is 0. The average molecular weight is 485 g/mol. The van der Waals surface area contributed by atoms with E-state index >= 15 is 0 Å². The molecule has 0 spiro atoms. The SMILES string of the molecule is C1=C\CCCCCCCC/1.C1=C\CCCCCCCC/1.O=C(O)C=C/C1=C/CCCCCCCC1. The molecule has 0 fully saturated rings. The number of hydrogen-bond donors (Lipinski definition) is 1. The fourth-order valence-corrected chi connectivity index (χ4v) is 4.83. The van der Waals surface area contributed by atoms with Crippen LogP contribution >= 0.6 is 0 Å². The average Bonchev–Trinajstić information content (AvgIpc) is 2.89. The fourth-order valence-electron chi connectivity index (χ4n) is 4.83. The Kier molecular flexibility index (Phi) is 22.9. The largest absolute Gasteiger partial charge is 0.478 e. The van der Waals surface area contributed by atoms with Gasteiger partial charge in [0.2, 0.25) is 0 Å². The van der Waals surface area contributed by atoms with Crippen molar-refractivity contribution in [2.75, 3.05) is 0 Å². The Bertz CT molecular complexity index is 546. The van der Waals surface area contributed by atoms with Gasteiger partial charge >= 0.3 is 5.97 Å². The van der Waals surface area contributed by atoms with Gasteiger partial charge in [0.05, 0.1) is 0 Å². The molecule has 3 rings (SSSR count). The van der Waals surface area contributed by atoms with Crippen molar-refractivity contribution in [2.24, 2.45) is 0 Å². The summed E-state index contributed by atoms with van der Waals surface area (Å²) >= 11 is 0. The minimum atomic E-state index is -0.854. The predicted molar refractivity (Wildman–Crippen MR) is 154 cm³/mol. The van der Waals surface area contributed by atoms with Gasteiger partial charge in [0.1, 0.15) is 0 Å². The molecule has 0 saturated carbocycles. The number of rotatable bonds is 2. The highest BCUT2D eigenvalue weighted by molar-refractivity contribution is 5.80. The summed E-state index contributed by atoms with van der Waals surface area (Å²) in [5, 5.41) is 8.56. The molecule has 2 nitrogen and oxygen atoms in total. The molecule has 3 aliphatic carbocycles. The number of carboxylic acid groups (broad SMARTS) is 1. The van der Waals surface area contributed by atoms with Crippen LogP contribution in [0.15, 0.2) is 48.1 Å². The second-order valence-corrected chi connectivity index (χ2v) is 10.5. The number of allylic oxidation sites excluding steroid dienone is 7. The Hall–Kier alpha value is -1.57. The second-order valence-electron chi connectivity index (χ2n) is 10.5. The maximum absolute atomic E-state index is 10.4. The van der Waals surface area contributed by atoms with Crippen molar-refractivity contribution < 1.29 is 9.90 Å². The van der Waals surface area contributed by atoms with Crippen LogP contribution in [0.1, 0.15) is 154 Å². The van der Waals surface area contributed by atoms with E-state index in [0.29, 0.717) is 0 Å². The standard InChI is InChI=1S/C13H20O2.2C10H18/c14-13(15)11-10-12-8-6-4-2-1-3-5-7-9-12;2*1-2-4-6-8-10-9-7-5-3-1/h8,10-11H,1-7,9H2,(H,14,15);2*1-2H,3-10H2/b11-10?,12-8+;2*2-1-. The van der Waals surface area contributed by atoms with E-state index in [1.165, 1.54) is 153 Å². The third-order valence-corrected chi connectivity index (χ3v) is 7.08. The van der Waals surface area contributed by atoms with E-state index in [1.54, 1.807) is 6.08 Å². The first-order chi connectivity index (χ1) is 17.3. The Morgan fingerprint density at radius 1 is 0.514 bits per heavy atom. The van der Waals surface area contributed by atoms with Gasteiger partial charge < -0.3 is 5.11 Å². The van der Waals surface area contributed by atoms with Crippen LogP contribution in [0, 0.1) is 0 Å². The number of hydrogen-bond acceptors (Lipinski definition) is 1. The van der Waals surface area contributed by atoms with Crippen LogP contribution in [0.5, 0.6) is 0 Å². The molecular weight excluding hydrogens is 428 g/mol. The van der Waals surface area contributed by atoms with E-state index in [1.807, 2.05) is 0 Å². The summed E-state index contributed by atoms with van der Waals surface area (Å²) in [5.74, 6) is -0.854. The molecule has 1 N–H and O–H groups in total. The molecule has 0 aromatic heterocycles. The Morgan fingerprint density at radius 3 is 1.26 bits per heavy atom. The Morgan fingerprint density at radius 2 is 0.857 bits per heavy atom. The van der Waals surface area contributed by atoms with Crippen molar-refractivity contribution >= 4 is 5.97 Å². The van der Waals surface area contributed by atoms with Crippen molar-refractivity contribution in [3.8, 4) is 0 Å². The lowest BCUT2D eigenvalue weighted by Crippen LogP contribution is -1.90. The molecule has 0 unspecified atom stereocenters. The van der Waals surface area contributed by atoms with E-state index < -0.39 is 5.97 Å². The molecule has 0 aromatic carbocycles. The topological polar surface area (TPSA) is 37.3 Å². The van der Waals surface area contributed by atoms with Gasteiger partial charge in [-0.2, -0.15) is 0 Å². The lowest BCUT2D eigenvalue weighted by atomic mass is 10.00. The Balaban J connectivity index is 0.000000271. The lowest BCUT2D eigenvalue weighted by molar-refractivity contribution is -0.131. The monoisotopic (exact) mass is 484 g/mol. The van der Waals surface area contributed by atoms with Gasteiger partial charge in [0.25, 0.3) is 0 Å². The fraction of sp³-hybridized carbons (Fsp3) is 0.727. The number of aliphatic carboxylic acids is 1. The van der Waals surface area contributed by atoms with E-state index in [4.69, 9.17) is 5.11 Å². The van der Waals surface area contributed by atoms with Crippen LogP contribution < -0.4 is 0 Å². The zero-order valence-corrected chi connectivity index (χ0v) is 22.9. The van der Waals surface area contributed by atoms with Crippen molar-refractivity contribution in [1.82, 2.24) is 0 Å². The van der Waals surface area contributed by atoms with Crippen molar-refractivity contribution in [2.45, 2.75) is 154 Å². The van der Waals surface area contributed by atoms with Crippen LogP contribution in [-0.4, -0.2) is 11.1 Å². The summed E-state index contributed by atoms with van der Waals surface area (Å²) in [5.41, 5.74) is 1.19. The van der Waals surface area contributed by atoms with Gasteiger partial charge in [-0.1, -0.05) is 119 Å². The molecular formula is C33H56O2. The van der Waals surface area contributed by atoms with Gasteiger partial charge in [0, 0.05) is 6.08 Å². The summed E-state index contributed by atoms with van der Waals surface area (Å²) in [6.07, 6.45) is 47.0. The molecule has 0 aromatic rings. The van der Waals surface area contributed by atoms with Crippen LogP contribution in [0.2, 0.25) is 0 Å². The second kappa shape index (κ2) is 25.5. The minimum absolute atomic E-state index is 0.854. The van der Waals surface area contributed by atoms with Crippen molar-refractivity contribution in [1.29, 1.82) is 0 Å². The van der Waals surface area contributed by atoms with E-state index in [9.17, 15) is 4.79 Å². The van der Waals surface area contributed by atoms with Gasteiger partial charge in [0.15, 0.2) is 0 Å². The maximum atomic E-state index is 10.4. The molecule has 0 saturated heterocycles. The molecule has 0 amide bonds. The third kappa shape index (κ3) is 23.9. The zero-order valence-electron chi connectivity index (χ0n) is 22.9. The van der Waals surface area contributed by atoms with Gasteiger partial charge in [-0.15, -0.1) is 0 Å². The zero-order chi connectivity index (χ0) is 25.1. The lowest BCUT2D eigenvalue weighted by Gasteiger charge is -2.06. The minimum Gasteiger partial charge on any atom is -0.478 e. The molecule has 0 atom stereocenters. The number of carbonyl (C=O) groups is 1. The maximum Gasteiger partial charge on any atom is 0.328 e. The van der Waals surface area contributed by atoms with Crippen LogP contribution in [0.3, 0.4) is 0 Å². The molecule has 35 heavy (non-hydrogen) atoms. The quantitative estimate of drug-likeness (QED) is 0.312. The van der Waals surface area contributed by atoms with Gasteiger partial charge in [-0.05, 0) is 77.0 Å². The first-order valence-corrected chi connectivity index (χ1v) is 15.2. The van der Waals surface area contributed by atoms with Crippen LogP contribution in [0.25, 0.3) is 0 Å². The first-order valence-electron chi connectivity index (χ1n) is 15.2. The summed E-state index contributed by atoms with van der Waals surface area (Å²) in [4.78, 5) is 10.4. The first kappa shape index (κ1) is 31.5. The van der Waals surface area contributed by atoms with E-state index in [2.05, 4.69) is 30.4 Å². The van der Waals surface area contributed by atoms with Crippen LogP contribution in [-0.2, 0) is 4.79 Å². The smallest absolute Gasteiger partial charge is 0.328 e. The summed E-state index contributed by atoms with van der Waals surface area (Å²) in [7, 11) is 0. The van der Waals surface area contributed by atoms with E-state index in [0.717, 1.165) is 12.8 Å². The highest BCUT2D eigenvalue weighted by Gasteiger charge is 1.99. The normalized spacial score (nSPS) is 24.6. The van der Waals surface area contributed by atoms with Crippen molar-refractivity contribution in [3.63, 3.8) is 0 Å². The van der Waals surface area contributed by atoms with Gasteiger partial charge in [-0.25, -0.2) is 4.79 Å². The number of carboxylic acids is 1. The Labute approximate surface area is 218 Å². The molecule has 2 heteroatoms. The molecule has 3 aliphatic rings. The highest BCUT2D eigenvalue weighted by Crippen LogP contribution is 2.17. The highest BCUT2D eigenvalue weighted by atomic mass is 16.4. The molecule has 0 heterocycles. The van der Waals surface area contributed by atoms with Gasteiger partial charge in [-0.3, -0.25) is 0 Å². The van der Waals surface area contributed by atoms with Crippen molar-refractivity contribution in [3.05, 3.63) is 48.1 Å². The summed E-state index contributed by atoms with van der Waals surface area (Å²) < 4.78 is 0. The predicted octanol–water partition coefficient (Wildman–Crippen LogP) is 11.0. The third-order valence-electron chi connectivity index (χ3n) is 7.08. The molecule has 200 valence electrons.